The molecule has 0 atom stereocenters. The number of para-hydroxylation sites is 1. The van der Waals surface area contributed by atoms with Crippen LogP contribution in [0.15, 0.2) is 30.3 Å². The number of amides is 1. The molecule has 1 aliphatic heterocycles. The Hall–Kier alpha value is -2.66. The normalized spacial score (nSPS) is 15.3. The predicted molar refractivity (Wildman–Crippen MR) is 88.1 cm³/mol. The highest BCUT2D eigenvalue weighted by Crippen LogP contribution is 2.26. The van der Waals surface area contributed by atoms with Gasteiger partial charge in [-0.3, -0.25) is 14.4 Å². The summed E-state index contributed by atoms with van der Waals surface area (Å²) >= 11 is 0. The van der Waals surface area contributed by atoms with E-state index in [1.54, 1.807) is 31.3 Å². The lowest BCUT2D eigenvalue weighted by molar-refractivity contribution is 0.0980. The average molecular weight is 344 g/mol. The van der Waals surface area contributed by atoms with E-state index in [1.807, 2.05) is 12.1 Å². The van der Waals surface area contributed by atoms with Gasteiger partial charge in [0.25, 0.3) is 5.91 Å². The highest BCUT2D eigenvalue weighted by atomic mass is 32.2. The fourth-order valence-corrected chi connectivity index (χ4v) is 4.27. The van der Waals surface area contributed by atoms with Gasteiger partial charge in [0.15, 0.2) is 9.84 Å². The van der Waals surface area contributed by atoms with Crippen molar-refractivity contribution in [1.29, 1.82) is 5.26 Å². The summed E-state index contributed by atoms with van der Waals surface area (Å²) < 4.78 is 25.3. The minimum Gasteiger partial charge on any atom is -0.293 e. The second-order valence-corrected chi connectivity index (χ2v) is 7.81. The van der Waals surface area contributed by atoms with E-state index in [0.29, 0.717) is 23.4 Å². The van der Waals surface area contributed by atoms with Gasteiger partial charge in [-0.05, 0) is 12.1 Å². The SMILES string of the molecule is Cn1nc2c(c1C(=O)N(CC#N)c1ccccc1)CS(=O)(=O)CC2. The molecule has 2 aromatic rings. The Morgan fingerprint density at radius 3 is 2.75 bits per heavy atom. The molecule has 1 amide bonds. The van der Waals surface area contributed by atoms with E-state index >= 15 is 0 Å². The monoisotopic (exact) mass is 344 g/mol. The number of anilines is 1. The number of aromatic nitrogens is 2. The maximum Gasteiger partial charge on any atom is 0.277 e. The van der Waals surface area contributed by atoms with Gasteiger partial charge in [0.1, 0.15) is 12.2 Å². The molecule has 0 saturated heterocycles. The number of benzene rings is 1. The Labute approximate surface area is 140 Å². The van der Waals surface area contributed by atoms with E-state index in [0.717, 1.165) is 0 Å². The van der Waals surface area contributed by atoms with Crippen LogP contribution in [0.2, 0.25) is 0 Å². The quantitative estimate of drug-likeness (QED) is 0.776. The van der Waals surface area contributed by atoms with Gasteiger partial charge < -0.3 is 0 Å². The molecular weight excluding hydrogens is 328 g/mol. The van der Waals surface area contributed by atoms with E-state index in [2.05, 4.69) is 5.10 Å². The van der Waals surface area contributed by atoms with Crippen LogP contribution >= 0.6 is 0 Å². The minimum atomic E-state index is -3.23. The van der Waals surface area contributed by atoms with Crippen molar-refractivity contribution >= 4 is 21.4 Å². The molecule has 7 nitrogen and oxygen atoms in total. The van der Waals surface area contributed by atoms with Crippen LogP contribution in [0.4, 0.5) is 5.69 Å². The summed E-state index contributed by atoms with van der Waals surface area (Å²) in [5.74, 6) is -0.561. The molecule has 0 spiro atoms. The summed E-state index contributed by atoms with van der Waals surface area (Å²) in [6.45, 7) is -0.129. The molecule has 3 rings (SSSR count). The first-order chi connectivity index (χ1) is 11.4. The van der Waals surface area contributed by atoms with Crippen molar-refractivity contribution in [3.05, 3.63) is 47.3 Å². The van der Waals surface area contributed by atoms with E-state index in [-0.39, 0.29) is 23.7 Å². The predicted octanol–water partition coefficient (Wildman–Crippen LogP) is 1.06. The lowest BCUT2D eigenvalue weighted by Crippen LogP contribution is -2.34. The fourth-order valence-electron chi connectivity index (χ4n) is 2.87. The summed E-state index contributed by atoms with van der Waals surface area (Å²) in [6.07, 6.45) is 0.308. The van der Waals surface area contributed by atoms with Crippen molar-refractivity contribution in [1.82, 2.24) is 9.78 Å². The van der Waals surface area contributed by atoms with Crippen LogP contribution in [0.25, 0.3) is 0 Å². The van der Waals surface area contributed by atoms with Gasteiger partial charge >= 0.3 is 0 Å². The van der Waals surface area contributed by atoms with Crippen molar-refractivity contribution in [3.8, 4) is 6.07 Å². The van der Waals surface area contributed by atoms with Gasteiger partial charge in [-0.25, -0.2) is 8.42 Å². The van der Waals surface area contributed by atoms with E-state index in [1.165, 1.54) is 9.58 Å². The summed E-state index contributed by atoms with van der Waals surface area (Å²) in [6, 6.07) is 10.8. The Morgan fingerprint density at radius 1 is 1.38 bits per heavy atom. The van der Waals surface area contributed by atoms with E-state index in [9.17, 15) is 13.2 Å². The summed E-state index contributed by atoms with van der Waals surface area (Å²) in [5, 5.41) is 13.4. The maximum atomic E-state index is 13.0. The van der Waals surface area contributed by atoms with Crippen molar-refractivity contribution in [3.63, 3.8) is 0 Å². The Bertz CT molecular complexity index is 926. The second-order valence-electron chi connectivity index (χ2n) is 5.62. The number of hydrogen-bond acceptors (Lipinski definition) is 5. The lowest BCUT2D eigenvalue weighted by atomic mass is 10.1. The van der Waals surface area contributed by atoms with Crippen LogP contribution in [0.1, 0.15) is 21.7 Å². The summed E-state index contributed by atoms with van der Waals surface area (Å²) in [5.41, 5.74) is 1.90. The van der Waals surface area contributed by atoms with Gasteiger partial charge in [-0.1, -0.05) is 18.2 Å². The molecule has 124 valence electrons. The van der Waals surface area contributed by atoms with Crippen molar-refractivity contribution in [2.45, 2.75) is 12.2 Å². The zero-order valence-corrected chi connectivity index (χ0v) is 14.0. The zero-order chi connectivity index (χ0) is 17.3. The lowest BCUT2D eigenvalue weighted by Gasteiger charge is -2.21. The smallest absolute Gasteiger partial charge is 0.277 e. The molecule has 8 heteroatoms. The summed E-state index contributed by atoms with van der Waals surface area (Å²) in [7, 11) is -1.61. The van der Waals surface area contributed by atoms with Crippen molar-refractivity contribution < 1.29 is 13.2 Å². The third-order valence-corrected chi connectivity index (χ3v) is 5.54. The molecule has 0 unspecified atom stereocenters. The molecule has 0 fully saturated rings. The highest BCUT2D eigenvalue weighted by molar-refractivity contribution is 7.90. The standard InChI is InChI=1S/C16H16N4O3S/c1-19-15(13-11-24(22,23)10-7-14(13)18-19)16(21)20(9-8-17)12-5-3-2-4-6-12/h2-6H,7,9-11H2,1H3. The largest absolute Gasteiger partial charge is 0.293 e. The van der Waals surface area contributed by atoms with Crippen molar-refractivity contribution in [2.75, 3.05) is 17.2 Å². The molecule has 0 N–H and O–H groups in total. The van der Waals surface area contributed by atoms with Gasteiger partial charge in [0.05, 0.1) is 23.3 Å². The molecule has 0 aliphatic carbocycles. The van der Waals surface area contributed by atoms with Gasteiger partial charge in [-0.2, -0.15) is 10.4 Å². The van der Waals surface area contributed by atoms with Crippen LogP contribution in [-0.4, -0.2) is 36.4 Å². The molecule has 2 heterocycles. The number of hydrogen-bond donors (Lipinski definition) is 0. The highest BCUT2D eigenvalue weighted by Gasteiger charge is 2.32. The van der Waals surface area contributed by atoms with Crippen LogP contribution in [0.3, 0.4) is 0 Å². The van der Waals surface area contributed by atoms with Gasteiger partial charge in [-0.15, -0.1) is 0 Å². The average Bonchev–Trinajstić information content (AvgIpc) is 2.87. The molecule has 0 radical (unpaired) electrons. The number of carbonyl (C=O) groups is 1. The maximum absolute atomic E-state index is 13.0. The van der Waals surface area contributed by atoms with Gasteiger partial charge in [0.2, 0.25) is 0 Å². The number of rotatable bonds is 3. The molecule has 1 aliphatic rings. The summed E-state index contributed by atoms with van der Waals surface area (Å²) in [4.78, 5) is 14.4. The molecule has 1 aromatic heterocycles. The molecular formula is C16H16N4O3S. The topological polar surface area (TPSA) is 96.1 Å². The Kier molecular flexibility index (Phi) is 4.11. The third-order valence-electron chi connectivity index (χ3n) is 3.99. The number of nitrogens with zero attached hydrogens (tertiary/aromatic N) is 4. The third kappa shape index (κ3) is 2.90. The van der Waals surface area contributed by atoms with E-state index < -0.39 is 15.7 Å². The van der Waals surface area contributed by atoms with Crippen LogP contribution in [0, 0.1) is 11.3 Å². The molecule has 0 saturated carbocycles. The molecule has 0 bridgehead atoms. The number of aryl methyl sites for hydroxylation is 2. The Morgan fingerprint density at radius 2 is 2.08 bits per heavy atom. The number of sulfone groups is 1. The number of nitriles is 1. The number of carbonyl (C=O) groups excluding carboxylic acids is 1. The van der Waals surface area contributed by atoms with Gasteiger partial charge in [0, 0.05) is 24.7 Å². The van der Waals surface area contributed by atoms with Crippen LogP contribution in [-0.2, 0) is 29.1 Å². The van der Waals surface area contributed by atoms with Crippen LogP contribution < -0.4 is 4.90 Å². The van der Waals surface area contributed by atoms with Crippen LogP contribution in [0.5, 0.6) is 0 Å². The number of fused-ring (bicyclic) bond motifs is 1. The van der Waals surface area contributed by atoms with Crippen molar-refractivity contribution in [2.24, 2.45) is 7.05 Å². The second kappa shape index (κ2) is 6.09. The molecule has 1 aromatic carbocycles. The zero-order valence-electron chi connectivity index (χ0n) is 13.1. The molecule has 24 heavy (non-hydrogen) atoms. The first kappa shape index (κ1) is 16.2. The minimum absolute atomic E-state index is 0.0469. The Balaban J connectivity index is 2.07. The fraction of sp³-hybridized carbons (Fsp3) is 0.312. The van der Waals surface area contributed by atoms with E-state index in [4.69, 9.17) is 5.26 Å². The first-order valence-electron chi connectivity index (χ1n) is 7.42. The first-order valence-corrected chi connectivity index (χ1v) is 9.24.